The normalized spacial score (nSPS) is 11.0. The van der Waals surface area contributed by atoms with Gasteiger partial charge < -0.3 is 0 Å². The van der Waals surface area contributed by atoms with Gasteiger partial charge in [-0.25, -0.2) is 0 Å². The second-order valence-corrected chi connectivity index (χ2v) is 5.77. The predicted molar refractivity (Wildman–Crippen MR) is 86.9 cm³/mol. The Morgan fingerprint density at radius 2 is 1.33 bits per heavy atom. The maximum absolute atomic E-state index is 3.83. The first-order valence-electron chi connectivity index (χ1n) is 5.64. The van der Waals surface area contributed by atoms with E-state index in [1.165, 1.54) is 21.5 Å². The highest BCUT2D eigenvalue weighted by Gasteiger charge is 2.10. The monoisotopic (exact) mass is 360 g/mol. The summed E-state index contributed by atoms with van der Waals surface area (Å²) in [6.45, 7) is 3.83. The van der Waals surface area contributed by atoms with Crippen LogP contribution >= 0.6 is 31.9 Å². The van der Waals surface area contributed by atoms with Gasteiger partial charge in [-0.2, -0.15) is 0 Å². The quantitative estimate of drug-likeness (QED) is 0.455. The van der Waals surface area contributed by atoms with E-state index in [-0.39, 0.29) is 0 Å². The van der Waals surface area contributed by atoms with Crippen molar-refractivity contribution in [2.45, 2.75) is 0 Å². The van der Waals surface area contributed by atoms with E-state index in [1.54, 1.807) is 0 Å². The lowest BCUT2D eigenvalue weighted by Gasteiger charge is -2.10. The molecule has 3 aromatic carbocycles. The molecule has 0 radical (unpaired) electrons. The van der Waals surface area contributed by atoms with Crippen LogP contribution in [0.3, 0.4) is 0 Å². The van der Waals surface area contributed by atoms with Crippen LogP contribution in [-0.2, 0) is 0 Å². The van der Waals surface area contributed by atoms with E-state index in [0.29, 0.717) is 0 Å². The highest BCUT2D eigenvalue weighted by molar-refractivity contribution is 9.11. The van der Waals surface area contributed by atoms with Gasteiger partial charge in [0.05, 0.1) is 0 Å². The highest BCUT2D eigenvalue weighted by Crippen LogP contribution is 2.39. The molecule has 0 heterocycles. The maximum Gasteiger partial charge on any atom is 0.0333 e. The van der Waals surface area contributed by atoms with Crippen molar-refractivity contribution in [1.82, 2.24) is 0 Å². The fraction of sp³-hybridized carbons (Fsp3) is 0. The Labute approximate surface area is 123 Å². The minimum Gasteiger partial charge on any atom is -0.0985 e. The van der Waals surface area contributed by atoms with Crippen LogP contribution in [0.1, 0.15) is 5.56 Å². The molecule has 0 amide bonds. The third-order valence-electron chi connectivity index (χ3n) is 3.15. The van der Waals surface area contributed by atoms with Crippen LogP contribution in [0.2, 0.25) is 0 Å². The van der Waals surface area contributed by atoms with E-state index in [2.05, 4.69) is 80.9 Å². The van der Waals surface area contributed by atoms with Crippen LogP contribution in [-0.4, -0.2) is 0 Å². The van der Waals surface area contributed by atoms with Gasteiger partial charge in [0.15, 0.2) is 0 Å². The average Bonchev–Trinajstić information content (AvgIpc) is 2.44. The molecule has 18 heavy (non-hydrogen) atoms. The molecular formula is C16H10Br2. The molecule has 0 aliphatic rings. The van der Waals surface area contributed by atoms with Gasteiger partial charge in [0, 0.05) is 8.95 Å². The molecule has 0 aliphatic heterocycles. The second-order valence-electron chi connectivity index (χ2n) is 4.18. The fourth-order valence-corrected chi connectivity index (χ4v) is 3.58. The number of hydrogen-bond donors (Lipinski definition) is 0. The van der Waals surface area contributed by atoms with Crippen molar-refractivity contribution in [3.63, 3.8) is 0 Å². The van der Waals surface area contributed by atoms with E-state index in [0.717, 1.165) is 14.5 Å². The molecule has 3 rings (SSSR count). The standard InChI is InChI=1S/C16H10Br2/c1-2-10-7-8-13-14(9-10)16(18)12-6-4-3-5-11(12)15(13)17/h2-9H,1H2. The molecule has 0 N–H and O–H groups in total. The fourth-order valence-electron chi connectivity index (χ4n) is 2.22. The third kappa shape index (κ3) is 1.72. The molecule has 0 aliphatic carbocycles. The van der Waals surface area contributed by atoms with Crippen LogP contribution < -0.4 is 0 Å². The van der Waals surface area contributed by atoms with Crippen LogP contribution in [0.25, 0.3) is 27.6 Å². The number of benzene rings is 3. The van der Waals surface area contributed by atoms with E-state index in [9.17, 15) is 0 Å². The summed E-state index contributed by atoms with van der Waals surface area (Å²) in [5.74, 6) is 0. The molecule has 0 bridgehead atoms. The van der Waals surface area contributed by atoms with Crippen LogP contribution in [0.4, 0.5) is 0 Å². The zero-order valence-electron chi connectivity index (χ0n) is 9.58. The zero-order chi connectivity index (χ0) is 12.7. The maximum atomic E-state index is 3.83. The van der Waals surface area contributed by atoms with Gasteiger partial charge in [-0.1, -0.05) is 49.1 Å². The molecule has 3 aromatic rings. The van der Waals surface area contributed by atoms with Crippen molar-refractivity contribution in [2.75, 3.05) is 0 Å². The van der Waals surface area contributed by atoms with Gasteiger partial charge in [0.2, 0.25) is 0 Å². The van der Waals surface area contributed by atoms with Gasteiger partial charge in [-0.15, -0.1) is 0 Å². The lowest BCUT2D eigenvalue weighted by Crippen LogP contribution is -1.83. The van der Waals surface area contributed by atoms with Gasteiger partial charge in [0.25, 0.3) is 0 Å². The summed E-state index contributed by atoms with van der Waals surface area (Å²) >= 11 is 7.44. The van der Waals surface area contributed by atoms with Gasteiger partial charge in [-0.05, 0) is 65.0 Å². The van der Waals surface area contributed by atoms with E-state index < -0.39 is 0 Å². The Morgan fingerprint density at radius 1 is 0.778 bits per heavy atom. The van der Waals surface area contributed by atoms with Crippen LogP contribution in [0, 0.1) is 0 Å². The van der Waals surface area contributed by atoms with Crippen molar-refractivity contribution in [3.8, 4) is 0 Å². The van der Waals surface area contributed by atoms with E-state index in [4.69, 9.17) is 0 Å². The minimum absolute atomic E-state index is 1.13. The summed E-state index contributed by atoms with van der Waals surface area (Å²) in [5.41, 5.74) is 1.13. The van der Waals surface area contributed by atoms with Crippen LogP contribution in [0.15, 0.2) is 58.0 Å². The molecule has 0 nitrogen and oxygen atoms in total. The van der Waals surface area contributed by atoms with Crippen molar-refractivity contribution in [2.24, 2.45) is 0 Å². The number of halogens is 2. The number of rotatable bonds is 1. The van der Waals surface area contributed by atoms with Gasteiger partial charge in [-0.3, -0.25) is 0 Å². The lowest BCUT2D eigenvalue weighted by molar-refractivity contribution is 1.69. The molecule has 0 saturated carbocycles. The summed E-state index contributed by atoms with van der Waals surface area (Å²) < 4.78 is 2.28. The Morgan fingerprint density at radius 3 is 1.94 bits per heavy atom. The SMILES string of the molecule is C=Cc1ccc2c(Br)c3ccccc3c(Br)c2c1. The molecule has 0 spiro atoms. The molecular weight excluding hydrogens is 352 g/mol. The lowest BCUT2D eigenvalue weighted by atomic mass is 10.0. The highest BCUT2D eigenvalue weighted by atomic mass is 79.9. The van der Waals surface area contributed by atoms with E-state index in [1.807, 2.05) is 6.08 Å². The van der Waals surface area contributed by atoms with Crippen molar-refractivity contribution >= 4 is 59.5 Å². The molecule has 0 atom stereocenters. The molecule has 2 heteroatoms. The third-order valence-corrected chi connectivity index (χ3v) is 4.86. The first-order chi connectivity index (χ1) is 8.72. The molecule has 0 aromatic heterocycles. The number of fused-ring (bicyclic) bond motifs is 2. The zero-order valence-corrected chi connectivity index (χ0v) is 12.8. The number of hydrogen-bond acceptors (Lipinski definition) is 0. The average molecular weight is 362 g/mol. The summed E-state index contributed by atoms with van der Waals surface area (Å²) in [4.78, 5) is 0. The second kappa shape index (κ2) is 4.52. The molecule has 0 unspecified atom stereocenters. The summed E-state index contributed by atoms with van der Waals surface area (Å²) in [5, 5.41) is 4.87. The van der Waals surface area contributed by atoms with Gasteiger partial charge in [0.1, 0.15) is 0 Å². The van der Waals surface area contributed by atoms with E-state index >= 15 is 0 Å². The van der Waals surface area contributed by atoms with Crippen molar-refractivity contribution < 1.29 is 0 Å². The summed E-state index contributed by atoms with van der Waals surface area (Å²) in [6.07, 6.45) is 1.87. The Hall–Kier alpha value is -1.12. The van der Waals surface area contributed by atoms with Crippen LogP contribution in [0.5, 0.6) is 0 Å². The largest absolute Gasteiger partial charge is 0.0985 e. The summed E-state index contributed by atoms with van der Waals surface area (Å²) in [7, 11) is 0. The van der Waals surface area contributed by atoms with Crippen molar-refractivity contribution in [3.05, 3.63) is 63.6 Å². The molecule has 0 saturated heterocycles. The Balaban J connectivity index is 2.58. The Bertz CT molecular complexity index is 773. The Kier molecular flexibility index (Phi) is 3.00. The van der Waals surface area contributed by atoms with Crippen molar-refractivity contribution in [1.29, 1.82) is 0 Å². The van der Waals surface area contributed by atoms with Gasteiger partial charge >= 0.3 is 0 Å². The first kappa shape index (κ1) is 11.9. The molecule has 0 fully saturated rings. The smallest absolute Gasteiger partial charge is 0.0333 e. The topological polar surface area (TPSA) is 0 Å². The summed E-state index contributed by atoms with van der Waals surface area (Å²) in [6, 6.07) is 14.7. The molecule has 88 valence electrons. The minimum atomic E-state index is 1.13. The predicted octanol–water partition coefficient (Wildman–Crippen LogP) is 6.16. The first-order valence-corrected chi connectivity index (χ1v) is 7.23.